The molecule has 1 N–H and O–H groups in total. The van der Waals surface area contributed by atoms with E-state index in [0.717, 1.165) is 68.5 Å². The molecule has 6 heteroatoms. The van der Waals surface area contributed by atoms with Crippen LogP contribution in [0.15, 0.2) is 18.2 Å². The highest BCUT2D eigenvalue weighted by Crippen LogP contribution is 2.38. The van der Waals surface area contributed by atoms with Crippen LogP contribution in [0, 0.1) is 5.92 Å². The summed E-state index contributed by atoms with van der Waals surface area (Å²) in [6.45, 7) is 8.29. The first-order chi connectivity index (χ1) is 13.2. The van der Waals surface area contributed by atoms with Gasteiger partial charge in [0.05, 0.1) is 6.04 Å². The van der Waals surface area contributed by atoms with Gasteiger partial charge in [0, 0.05) is 19.6 Å². The molecule has 2 fully saturated rings. The van der Waals surface area contributed by atoms with Gasteiger partial charge in [-0.2, -0.15) is 0 Å². The van der Waals surface area contributed by atoms with Crippen molar-refractivity contribution in [3.05, 3.63) is 23.8 Å². The number of likely N-dealkylation sites (tertiary alicyclic amines) is 2. The molecule has 6 nitrogen and oxygen atoms in total. The fraction of sp³-hybridized carbons (Fsp3) is 0.667. The van der Waals surface area contributed by atoms with Crippen molar-refractivity contribution in [1.82, 2.24) is 15.1 Å². The van der Waals surface area contributed by atoms with Crippen molar-refractivity contribution in [2.45, 2.75) is 38.6 Å². The van der Waals surface area contributed by atoms with Crippen molar-refractivity contribution in [2.24, 2.45) is 5.92 Å². The molecule has 3 heterocycles. The quantitative estimate of drug-likeness (QED) is 0.881. The van der Waals surface area contributed by atoms with Crippen molar-refractivity contribution in [3.63, 3.8) is 0 Å². The Balaban J connectivity index is 1.32. The van der Waals surface area contributed by atoms with Gasteiger partial charge in [-0.15, -0.1) is 0 Å². The number of rotatable bonds is 4. The van der Waals surface area contributed by atoms with E-state index in [2.05, 4.69) is 23.2 Å². The second kappa shape index (κ2) is 8.38. The highest BCUT2D eigenvalue weighted by molar-refractivity contribution is 5.75. The lowest BCUT2D eigenvalue weighted by molar-refractivity contribution is 0.170. The van der Waals surface area contributed by atoms with Gasteiger partial charge in [-0.05, 0) is 62.4 Å². The molecule has 1 unspecified atom stereocenters. The minimum atomic E-state index is 0.0535. The molecule has 0 aromatic heterocycles. The summed E-state index contributed by atoms with van der Waals surface area (Å²) in [6.07, 6.45) is 4.58. The highest BCUT2D eigenvalue weighted by Gasteiger charge is 2.31. The molecule has 0 radical (unpaired) electrons. The van der Waals surface area contributed by atoms with Gasteiger partial charge in [-0.25, -0.2) is 4.79 Å². The van der Waals surface area contributed by atoms with Crippen LogP contribution >= 0.6 is 0 Å². The molecule has 1 aromatic carbocycles. The Morgan fingerprint density at radius 2 is 1.89 bits per heavy atom. The third-order valence-corrected chi connectivity index (χ3v) is 6.05. The molecular formula is C21H31N3O3. The molecule has 148 valence electrons. The van der Waals surface area contributed by atoms with Crippen molar-refractivity contribution >= 4 is 6.03 Å². The maximum Gasteiger partial charge on any atom is 0.317 e. The van der Waals surface area contributed by atoms with Gasteiger partial charge in [0.15, 0.2) is 11.5 Å². The molecule has 1 atom stereocenters. The zero-order chi connectivity index (χ0) is 18.6. The van der Waals surface area contributed by atoms with E-state index in [-0.39, 0.29) is 12.1 Å². The molecule has 0 aliphatic carbocycles. The van der Waals surface area contributed by atoms with Crippen LogP contribution in [-0.4, -0.2) is 61.8 Å². The number of urea groups is 1. The van der Waals surface area contributed by atoms with Gasteiger partial charge < -0.3 is 24.6 Å². The Kier molecular flexibility index (Phi) is 5.72. The Labute approximate surface area is 161 Å². The average molecular weight is 373 g/mol. The highest BCUT2D eigenvalue weighted by atomic mass is 16.6. The number of benzene rings is 1. The number of ether oxygens (including phenoxy) is 2. The van der Waals surface area contributed by atoms with Crippen LogP contribution in [0.25, 0.3) is 0 Å². The second-order valence-electron chi connectivity index (χ2n) is 8.01. The third kappa shape index (κ3) is 4.32. The maximum absolute atomic E-state index is 12.8. The first-order valence-corrected chi connectivity index (χ1v) is 10.4. The van der Waals surface area contributed by atoms with Crippen LogP contribution in [-0.2, 0) is 0 Å². The Bertz CT molecular complexity index is 658. The van der Waals surface area contributed by atoms with E-state index in [1.165, 1.54) is 12.8 Å². The Morgan fingerprint density at radius 1 is 1.11 bits per heavy atom. The molecule has 3 aliphatic rings. The van der Waals surface area contributed by atoms with Crippen molar-refractivity contribution < 1.29 is 14.3 Å². The van der Waals surface area contributed by atoms with Gasteiger partial charge in [0.2, 0.25) is 0 Å². The lowest BCUT2D eigenvalue weighted by Gasteiger charge is -2.31. The summed E-state index contributed by atoms with van der Waals surface area (Å²) in [6, 6.07) is 6.25. The number of hydrogen-bond acceptors (Lipinski definition) is 4. The number of piperidine rings is 1. The van der Waals surface area contributed by atoms with Crippen LogP contribution in [0.4, 0.5) is 4.79 Å². The summed E-state index contributed by atoms with van der Waals surface area (Å²) >= 11 is 0. The van der Waals surface area contributed by atoms with Crippen LogP contribution in [0.1, 0.15) is 44.2 Å². The average Bonchev–Trinajstić information content (AvgIpc) is 3.19. The molecule has 0 bridgehead atoms. The molecule has 1 aromatic rings. The number of carbonyl (C=O) groups excluding carboxylic acids is 1. The standard InChI is InChI=1S/C21H31N3O3/c1-16-6-10-23(11-7-16)12-8-22-21(25)24-9-2-3-18(24)17-4-5-19-20(15-17)27-14-13-26-19/h4-5,15-16,18H,2-3,6-14H2,1H3,(H,22,25). The molecule has 0 spiro atoms. The SMILES string of the molecule is CC1CCN(CCNC(=O)N2CCCC2c2ccc3c(c2)OCCO3)CC1. The van der Waals surface area contributed by atoms with Crippen LogP contribution in [0.5, 0.6) is 11.5 Å². The predicted molar refractivity (Wildman–Crippen MR) is 104 cm³/mol. The molecule has 2 amide bonds. The van der Waals surface area contributed by atoms with Gasteiger partial charge in [0.1, 0.15) is 13.2 Å². The van der Waals surface area contributed by atoms with E-state index < -0.39 is 0 Å². The monoisotopic (exact) mass is 373 g/mol. The van der Waals surface area contributed by atoms with Gasteiger partial charge in [-0.3, -0.25) is 0 Å². The number of carbonyl (C=O) groups is 1. The molecule has 2 saturated heterocycles. The van der Waals surface area contributed by atoms with Crippen LogP contribution in [0.3, 0.4) is 0 Å². The fourth-order valence-electron chi connectivity index (χ4n) is 4.33. The summed E-state index contributed by atoms with van der Waals surface area (Å²) in [5.74, 6) is 2.44. The van der Waals surface area contributed by atoms with Crippen LogP contribution in [0.2, 0.25) is 0 Å². The van der Waals surface area contributed by atoms with Crippen molar-refractivity contribution in [1.29, 1.82) is 0 Å². The maximum atomic E-state index is 12.8. The fourth-order valence-corrected chi connectivity index (χ4v) is 4.33. The Morgan fingerprint density at radius 3 is 2.70 bits per heavy atom. The molecule has 4 rings (SSSR count). The van der Waals surface area contributed by atoms with E-state index in [0.29, 0.717) is 13.2 Å². The smallest absolute Gasteiger partial charge is 0.317 e. The van der Waals surface area contributed by atoms with E-state index in [4.69, 9.17) is 9.47 Å². The summed E-state index contributed by atoms with van der Waals surface area (Å²) in [5, 5.41) is 3.13. The first-order valence-electron chi connectivity index (χ1n) is 10.4. The van der Waals surface area contributed by atoms with E-state index in [1.807, 2.05) is 17.0 Å². The van der Waals surface area contributed by atoms with E-state index >= 15 is 0 Å². The largest absolute Gasteiger partial charge is 0.486 e. The van der Waals surface area contributed by atoms with E-state index in [1.54, 1.807) is 0 Å². The van der Waals surface area contributed by atoms with E-state index in [9.17, 15) is 4.79 Å². The molecule has 27 heavy (non-hydrogen) atoms. The summed E-state index contributed by atoms with van der Waals surface area (Å²) in [7, 11) is 0. The minimum absolute atomic E-state index is 0.0535. The topological polar surface area (TPSA) is 54.0 Å². The number of fused-ring (bicyclic) bond motifs is 1. The van der Waals surface area contributed by atoms with Gasteiger partial charge in [-0.1, -0.05) is 13.0 Å². The number of amides is 2. The lowest BCUT2D eigenvalue weighted by atomic mass is 9.99. The minimum Gasteiger partial charge on any atom is -0.486 e. The second-order valence-corrected chi connectivity index (χ2v) is 8.01. The Hall–Kier alpha value is -1.95. The number of nitrogens with one attached hydrogen (secondary N) is 1. The zero-order valence-electron chi connectivity index (χ0n) is 16.3. The normalized spacial score (nSPS) is 23.4. The van der Waals surface area contributed by atoms with Crippen molar-refractivity contribution in [3.8, 4) is 11.5 Å². The lowest BCUT2D eigenvalue weighted by Crippen LogP contribution is -2.44. The van der Waals surface area contributed by atoms with Crippen LogP contribution < -0.4 is 14.8 Å². The predicted octanol–water partition coefficient (Wildman–Crippen LogP) is 3.04. The molecule has 0 saturated carbocycles. The summed E-state index contributed by atoms with van der Waals surface area (Å²) in [5.41, 5.74) is 1.14. The number of hydrogen-bond donors (Lipinski definition) is 1. The van der Waals surface area contributed by atoms with Gasteiger partial charge >= 0.3 is 6.03 Å². The van der Waals surface area contributed by atoms with Crippen molar-refractivity contribution in [2.75, 3.05) is 45.9 Å². The zero-order valence-corrected chi connectivity index (χ0v) is 16.3. The van der Waals surface area contributed by atoms with Gasteiger partial charge in [0.25, 0.3) is 0 Å². The summed E-state index contributed by atoms with van der Waals surface area (Å²) < 4.78 is 11.3. The third-order valence-electron chi connectivity index (χ3n) is 6.05. The molecular weight excluding hydrogens is 342 g/mol. The first kappa shape index (κ1) is 18.4. The summed E-state index contributed by atoms with van der Waals surface area (Å²) in [4.78, 5) is 17.2. The number of nitrogens with zero attached hydrogens (tertiary/aromatic N) is 2. The molecule has 3 aliphatic heterocycles.